The molecule has 1 amide bonds. The minimum absolute atomic E-state index is 0.141. The number of amides is 1. The Labute approximate surface area is 168 Å². The number of aromatic nitrogens is 3. The fraction of sp³-hybridized carbons (Fsp3) is 0.333. The highest BCUT2D eigenvalue weighted by molar-refractivity contribution is 5.93. The van der Waals surface area contributed by atoms with E-state index >= 15 is 0 Å². The third-order valence-corrected chi connectivity index (χ3v) is 4.85. The van der Waals surface area contributed by atoms with Gasteiger partial charge < -0.3 is 14.7 Å². The highest BCUT2D eigenvalue weighted by atomic mass is 19.1. The topological polar surface area (TPSA) is 84.1 Å². The van der Waals surface area contributed by atoms with Crippen LogP contribution in [0.25, 0.3) is 11.4 Å². The first-order valence-electron chi connectivity index (χ1n) is 9.77. The van der Waals surface area contributed by atoms with Crippen LogP contribution in [0.1, 0.15) is 31.6 Å². The molecule has 0 spiro atoms. The number of piperidine rings is 1. The molecular weight excluding hydrogens is 373 g/mol. The molecule has 29 heavy (non-hydrogen) atoms. The second-order valence-corrected chi connectivity index (χ2v) is 6.99. The number of rotatable bonds is 6. The summed E-state index contributed by atoms with van der Waals surface area (Å²) in [6, 6.07) is 9.53. The van der Waals surface area contributed by atoms with Crippen molar-refractivity contribution in [1.82, 2.24) is 15.1 Å². The van der Waals surface area contributed by atoms with E-state index in [1.54, 1.807) is 18.3 Å². The summed E-state index contributed by atoms with van der Waals surface area (Å²) in [6.07, 6.45) is 5.78. The van der Waals surface area contributed by atoms with Crippen LogP contribution < -0.4 is 10.2 Å². The maximum Gasteiger partial charge on any atom is 0.227 e. The Morgan fingerprint density at radius 2 is 1.93 bits per heavy atom. The number of benzene rings is 1. The van der Waals surface area contributed by atoms with E-state index < -0.39 is 0 Å². The fourth-order valence-corrected chi connectivity index (χ4v) is 3.36. The Bertz CT molecular complexity index is 967. The summed E-state index contributed by atoms with van der Waals surface area (Å²) < 4.78 is 18.2. The highest BCUT2D eigenvalue weighted by Gasteiger charge is 2.17. The molecule has 1 aliphatic rings. The van der Waals surface area contributed by atoms with Gasteiger partial charge in [0.1, 0.15) is 5.82 Å². The third kappa shape index (κ3) is 4.77. The van der Waals surface area contributed by atoms with E-state index in [0.29, 0.717) is 23.7 Å². The molecule has 2 aromatic heterocycles. The van der Waals surface area contributed by atoms with E-state index in [1.807, 2.05) is 12.1 Å². The maximum atomic E-state index is 13.0. The number of aryl methyl sites for hydroxylation is 1. The average Bonchev–Trinajstić information content (AvgIpc) is 3.23. The van der Waals surface area contributed by atoms with Gasteiger partial charge in [0.25, 0.3) is 0 Å². The molecule has 4 rings (SSSR count). The van der Waals surface area contributed by atoms with Gasteiger partial charge in [-0.2, -0.15) is 4.98 Å². The molecule has 3 aromatic rings. The van der Waals surface area contributed by atoms with Crippen LogP contribution in [-0.4, -0.2) is 34.1 Å². The van der Waals surface area contributed by atoms with Gasteiger partial charge in [0.05, 0.1) is 5.69 Å². The predicted molar refractivity (Wildman–Crippen MR) is 107 cm³/mol. The van der Waals surface area contributed by atoms with Gasteiger partial charge in [-0.05, 0) is 55.7 Å². The van der Waals surface area contributed by atoms with Crippen LogP contribution in [0.3, 0.4) is 0 Å². The van der Waals surface area contributed by atoms with Gasteiger partial charge in [0.2, 0.25) is 17.6 Å². The first-order chi connectivity index (χ1) is 14.2. The van der Waals surface area contributed by atoms with Crippen molar-refractivity contribution < 1.29 is 13.7 Å². The van der Waals surface area contributed by atoms with Gasteiger partial charge in [-0.25, -0.2) is 9.37 Å². The molecule has 1 aromatic carbocycles. The Morgan fingerprint density at radius 3 is 2.72 bits per heavy atom. The zero-order valence-corrected chi connectivity index (χ0v) is 16.0. The number of pyridine rings is 1. The van der Waals surface area contributed by atoms with Crippen LogP contribution in [0.4, 0.5) is 15.9 Å². The van der Waals surface area contributed by atoms with Crippen LogP contribution in [0.5, 0.6) is 0 Å². The highest BCUT2D eigenvalue weighted by Crippen LogP contribution is 2.26. The molecule has 0 aliphatic carbocycles. The molecule has 0 saturated carbocycles. The number of hydrogen-bond donors (Lipinski definition) is 1. The van der Waals surface area contributed by atoms with Crippen LogP contribution in [-0.2, 0) is 11.2 Å². The summed E-state index contributed by atoms with van der Waals surface area (Å²) in [6.45, 7) is 1.90. The summed E-state index contributed by atoms with van der Waals surface area (Å²) in [5.41, 5.74) is 1.38. The number of nitrogens with zero attached hydrogens (tertiary/aromatic N) is 4. The summed E-state index contributed by atoms with van der Waals surface area (Å²) in [5, 5.41) is 6.84. The molecule has 1 N–H and O–H groups in total. The Hall–Kier alpha value is -3.29. The lowest BCUT2D eigenvalue weighted by Crippen LogP contribution is -2.31. The minimum atomic E-state index is -0.325. The van der Waals surface area contributed by atoms with Gasteiger partial charge in [-0.1, -0.05) is 5.16 Å². The zero-order chi connectivity index (χ0) is 20.1. The molecule has 7 nitrogen and oxygen atoms in total. The lowest BCUT2D eigenvalue weighted by Gasteiger charge is -2.29. The van der Waals surface area contributed by atoms with Crippen LogP contribution in [0.2, 0.25) is 0 Å². The molecule has 0 bridgehead atoms. The maximum absolute atomic E-state index is 13.0. The summed E-state index contributed by atoms with van der Waals surface area (Å²) in [5.74, 6) is 1.09. The standard InChI is InChI=1S/C21H22FN5O2/c22-16-8-6-15(7-9-16)20-25-19(29-26-20)11-10-18(28)24-17-5-4-12-23-21(17)27-13-2-1-3-14-27/h4-9,12H,1-3,10-11,13-14H2,(H,24,28). The number of nitrogens with one attached hydrogen (secondary N) is 1. The first kappa shape index (κ1) is 19.0. The zero-order valence-electron chi connectivity index (χ0n) is 16.0. The van der Waals surface area contributed by atoms with E-state index in [9.17, 15) is 9.18 Å². The number of hydrogen-bond acceptors (Lipinski definition) is 6. The quantitative estimate of drug-likeness (QED) is 0.683. The second-order valence-electron chi connectivity index (χ2n) is 6.99. The van der Waals surface area contributed by atoms with E-state index in [1.165, 1.54) is 18.6 Å². The second kappa shape index (κ2) is 8.81. The Balaban J connectivity index is 1.36. The van der Waals surface area contributed by atoms with Crippen molar-refractivity contribution in [1.29, 1.82) is 0 Å². The van der Waals surface area contributed by atoms with Gasteiger partial charge in [0.15, 0.2) is 5.82 Å². The largest absolute Gasteiger partial charge is 0.355 e. The summed E-state index contributed by atoms with van der Waals surface area (Å²) >= 11 is 0. The van der Waals surface area contributed by atoms with Gasteiger partial charge >= 0.3 is 0 Å². The number of carbonyl (C=O) groups excluding carboxylic acids is 1. The van der Waals surface area contributed by atoms with E-state index in [4.69, 9.17) is 4.52 Å². The molecule has 1 saturated heterocycles. The van der Waals surface area contributed by atoms with Crippen molar-refractivity contribution in [2.45, 2.75) is 32.1 Å². The van der Waals surface area contributed by atoms with E-state index in [2.05, 4.69) is 25.3 Å². The molecule has 1 aliphatic heterocycles. The van der Waals surface area contributed by atoms with Crippen LogP contribution in [0.15, 0.2) is 47.1 Å². The van der Waals surface area contributed by atoms with Crippen molar-refractivity contribution in [3.8, 4) is 11.4 Å². The number of halogens is 1. The lowest BCUT2D eigenvalue weighted by atomic mass is 10.1. The molecule has 0 radical (unpaired) electrons. The normalized spacial score (nSPS) is 14.0. The molecule has 1 fully saturated rings. The predicted octanol–water partition coefficient (Wildman–Crippen LogP) is 3.83. The number of carbonyl (C=O) groups is 1. The van der Waals surface area contributed by atoms with E-state index in [-0.39, 0.29) is 18.1 Å². The van der Waals surface area contributed by atoms with Crippen LogP contribution >= 0.6 is 0 Å². The van der Waals surface area contributed by atoms with Gasteiger partial charge in [-0.3, -0.25) is 4.79 Å². The molecule has 3 heterocycles. The SMILES string of the molecule is O=C(CCc1nc(-c2ccc(F)cc2)no1)Nc1cccnc1N1CCCCC1. The van der Waals surface area contributed by atoms with Crippen molar-refractivity contribution in [3.05, 3.63) is 54.3 Å². The van der Waals surface area contributed by atoms with Crippen molar-refractivity contribution in [2.24, 2.45) is 0 Å². The minimum Gasteiger partial charge on any atom is -0.355 e. The molecule has 8 heteroatoms. The Morgan fingerprint density at radius 1 is 1.14 bits per heavy atom. The molecular formula is C21H22FN5O2. The van der Waals surface area contributed by atoms with Gasteiger partial charge in [-0.15, -0.1) is 0 Å². The van der Waals surface area contributed by atoms with Crippen LogP contribution in [0, 0.1) is 5.82 Å². The summed E-state index contributed by atoms with van der Waals surface area (Å²) in [7, 11) is 0. The lowest BCUT2D eigenvalue weighted by molar-refractivity contribution is -0.116. The molecule has 0 atom stereocenters. The fourth-order valence-electron chi connectivity index (χ4n) is 3.36. The molecule has 0 unspecified atom stereocenters. The monoisotopic (exact) mass is 395 g/mol. The smallest absolute Gasteiger partial charge is 0.227 e. The van der Waals surface area contributed by atoms with E-state index in [0.717, 1.165) is 37.4 Å². The van der Waals surface area contributed by atoms with Crippen molar-refractivity contribution >= 4 is 17.4 Å². The van der Waals surface area contributed by atoms with Crippen molar-refractivity contribution in [2.75, 3.05) is 23.3 Å². The average molecular weight is 395 g/mol. The summed E-state index contributed by atoms with van der Waals surface area (Å²) in [4.78, 5) is 23.4. The number of anilines is 2. The van der Waals surface area contributed by atoms with Crippen molar-refractivity contribution in [3.63, 3.8) is 0 Å². The Kier molecular flexibility index (Phi) is 5.79. The molecule has 150 valence electrons. The van der Waals surface area contributed by atoms with Gasteiger partial charge in [0, 0.05) is 37.7 Å². The third-order valence-electron chi connectivity index (χ3n) is 4.85. The first-order valence-corrected chi connectivity index (χ1v) is 9.77.